The highest BCUT2D eigenvalue weighted by atomic mass is 35.5. The van der Waals surface area contributed by atoms with Crippen molar-refractivity contribution < 1.29 is 38.4 Å². The van der Waals surface area contributed by atoms with E-state index in [4.69, 9.17) is 30.5 Å². The number of rotatable bonds is 8. The Hall–Kier alpha value is -3.03. The van der Waals surface area contributed by atoms with E-state index >= 15 is 0 Å². The summed E-state index contributed by atoms with van der Waals surface area (Å²) >= 11 is 6.48. The molecule has 0 aromatic carbocycles. The molecule has 2 fully saturated rings. The van der Waals surface area contributed by atoms with Gasteiger partial charge in [0, 0.05) is 26.4 Å². The van der Waals surface area contributed by atoms with Crippen molar-refractivity contribution >= 4 is 46.5 Å². The van der Waals surface area contributed by atoms with Crippen LogP contribution in [0, 0.1) is 5.92 Å². The molecule has 34 heavy (non-hydrogen) atoms. The lowest BCUT2D eigenvalue weighted by atomic mass is 9.94. The molecule has 2 aliphatic rings. The molecule has 14 heteroatoms. The van der Waals surface area contributed by atoms with Crippen LogP contribution in [0.3, 0.4) is 0 Å². The molecule has 2 aliphatic heterocycles. The molecule has 2 aromatic heterocycles. The van der Waals surface area contributed by atoms with E-state index in [-0.39, 0.29) is 17.9 Å². The van der Waals surface area contributed by atoms with Gasteiger partial charge in [-0.2, -0.15) is 0 Å². The normalized spacial score (nSPS) is 26.5. The number of carbonyl (C=O) groups excluding carboxylic acids is 2. The number of esters is 2. The summed E-state index contributed by atoms with van der Waals surface area (Å²) < 4.78 is 23.4. The van der Waals surface area contributed by atoms with Crippen LogP contribution >= 0.6 is 11.6 Å². The minimum atomic E-state index is -1.13. The maximum Gasteiger partial charge on any atom is 0.303 e. The largest absolute Gasteiger partial charge is 0.481 e. The van der Waals surface area contributed by atoms with Crippen LogP contribution in [0.15, 0.2) is 6.33 Å². The number of carbonyl (C=O) groups is 3. The highest BCUT2D eigenvalue weighted by molar-refractivity contribution is 6.29. The Kier molecular flexibility index (Phi) is 7.14. The molecule has 0 spiro atoms. The average Bonchev–Trinajstić information content (AvgIpc) is 3.45. The summed E-state index contributed by atoms with van der Waals surface area (Å²) in [4.78, 5) is 47.8. The van der Waals surface area contributed by atoms with E-state index in [0.29, 0.717) is 30.2 Å². The summed E-state index contributed by atoms with van der Waals surface area (Å²) in [5.41, 5.74) is 0.661. The van der Waals surface area contributed by atoms with Crippen LogP contribution in [-0.2, 0) is 33.3 Å². The number of carboxylic acids is 1. The third-order valence-corrected chi connectivity index (χ3v) is 5.88. The van der Waals surface area contributed by atoms with Crippen molar-refractivity contribution in [2.75, 3.05) is 25.1 Å². The molecule has 4 rings (SSSR count). The van der Waals surface area contributed by atoms with Gasteiger partial charge in [-0.1, -0.05) is 0 Å². The van der Waals surface area contributed by atoms with Crippen molar-refractivity contribution in [2.45, 2.75) is 51.2 Å². The van der Waals surface area contributed by atoms with Gasteiger partial charge in [-0.15, -0.1) is 0 Å². The summed E-state index contributed by atoms with van der Waals surface area (Å²) in [5.74, 6) is -2.71. The van der Waals surface area contributed by atoms with Crippen LogP contribution in [0.4, 0.5) is 5.82 Å². The number of anilines is 1. The minimum absolute atomic E-state index is 0.0226. The third kappa shape index (κ3) is 5.05. The van der Waals surface area contributed by atoms with Crippen molar-refractivity contribution in [1.29, 1.82) is 0 Å². The van der Waals surface area contributed by atoms with Crippen LogP contribution in [-0.4, -0.2) is 80.6 Å². The number of nitrogens with one attached hydrogen (secondary N) is 1. The smallest absolute Gasteiger partial charge is 0.303 e. The highest BCUT2D eigenvalue weighted by Gasteiger charge is 2.50. The standard InChI is InChI=1S/C20H24ClN5O8/c1-9(27)32-7-13-12(5-14(29)30)16(33-10(2)28)19(34-13)26-18-15(25-20(26)21)17(22-8-23-18)24-11-3-4-31-6-11/h8,11-13,16,19H,3-7H2,1-2H3,(H,29,30)(H,22,23,24)/t11-,12?,13+,16+,19?/m1/s1. The van der Waals surface area contributed by atoms with E-state index in [1.165, 1.54) is 24.7 Å². The Morgan fingerprint density at radius 1 is 1.29 bits per heavy atom. The van der Waals surface area contributed by atoms with Crippen LogP contribution < -0.4 is 5.32 Å². The van der Waals surface area contributed by atoms with E-state index in [1.807, 2.05) is 0 Å². The molecule has 4 heterocycles. The molecule has 0 bridgehead atoms. The second kappa shape index (κ2) is 10.1. The first kappa shape index (κ1) is 24.1. The summed E-state index contributed by atoms with van der Waals surface area (Å²) in [6.45, 7) is 3.36. The van der Waals surface area contributed by atoms with Gasteiger partial charge in [-0.3, -0.25) is 19.0 Å². The van der Waals surface area contributed by atoms with Gasteiger partial charge in [0.05, 0.1) is 19.1 Å². The van der Waals surface area contributed by atoms with Gasteiger partial charge >= 0.3 is 17.9 Å². The van der Waals surface area contributed by atoms with E-state index in [9.17, 15) is 19.5 Å². The Morgan fingerprint density at radius 3 is 2.74 bits per heavy atom. The number of imidazole rings is 1. The van der Waals surface area contributed by atoms with Gasteiger partial charge in [0.1, 0.15) is 19.0 Å². The fourth-order valence-electron chi connectivity index (χ4n) is 4.19. The van der Waals surface area contributed by atoms with Crippen molar-refractivity contribution in [3.05, 3.63) is 11.6 Å². The second-order valence-corrected chi connectivity index (χ2v) is 8.39. The van der Waals surface area contributed by atoms with Crippen LogP contribution in [0.25, 0.3) is 11.2 Å². The Morgan fingerprint density at radius 2 is 2.09 bits per heavy atom. The number of aromatic nitrogens is 4. The number of fused-ring (bicyclic) bond motifs is 1. The molecular weight excluding hydrogens is 474 g/mol. The van der Waals surface area contributed by atoms with Gasteiger partial charge in [-0.05, 0) is 18.0 Å². The number of halogens is 1. The van der Waals surface area contributed by atoms with Crippen molar-refractivity contribution in [3.63, 3.8) is 0 Å². The molecule has 0 aliphatic carbocycles. The van der Waals surface area contributed by atoms with Gasteiger partial charge in [0.2, 0.25) is 5.28 Å². The minimum Gasteiger partial charge on any atom is -0.481 e. The van der Waals surface area contributed by atoms with Gasteiger partial charge in [0.15, 0.2) is 29.3 Å². The van der Waals surface area contributed by atoms with E-state index < -0.39 is 48.7 Å². The molecule has 2 aromatic rings. The third-order valence-electron chi connectivity index (χ3n) is 5.62. The van der Waals surface area contributed by atoms with E-state index in [0.717, 1.165) is 6.42 Å². The molecule has 184 valence electrons. The molecule has 2 unspecified atom stereocenters. The number of carboxylic acid groups (broad SMARTS) is 1. The molecular formula is C20H24ClN5O8. The Balaban J connectivity index is 1.73. The average molecular weight is 498 g/mol. The zero-order chi connectivity index (χ0) is 24.4. The number of hydrogen-bond donors (Lipinski definition) is 2. The van der Waals surface area contributed by atoms with Crippen LogP contribution in [0.2, 0.25) is 5.28 Å². The molecule has 2 N–H and O–H groups in total. The predicted molar refractivity (Wildman–Crippen MR) is 115 cm³/mol. The van der Waals surface area contributed by atoms with Gasteiger partial charge < -0.3 is 29.4 Å². The first-order valence-corrected chi connectivity index (χ1v) is 11.0. The van der Waals surface area contributed by atoms with Crippen LogP contribution in [0.1, 0.15) is 32.9 Å². The lowest BCUT2D eigenvalue weighted by Gasteiger charge is -2.23. The number of ether oxygens (including phenoxy) is 4. The lowest BCUT2D eigenvalue weighted by molar-refractivity contribution is -0.155. The molecule has 0 saturated carbocycles. The SMILES string of the molecule is CC(=O)OC[C@@H]1OC(n2c(Cl)nc3c(N[C@@H]4CCOC4)ncnc32)[C@@H](OC(C)=O)C1CC(=O)O. The van der Waals surface area contributed by atoms with Crippen molar-refractivity contribution in [1.82, 2.24) is 19.5 Å². The quantitative estimate of drug-likeness (QED) is 0.395. The van der Waals surface area contributed by atoms with Crippen LogP contribution in [0.5, 0.6) is 0 Å². The van der Waals surface area contributed by atoms with Gasteiger partial charge in [-0.25, -0.2) is 15.0 Å². The zero-order valence-corrected chi connectivity index (χ0v) is 19.2. The summed E-state index contributed by atoms with van der Waals surface area (Å²) in [6.07, 6.45) is -1.26. The summed E-state index contributed by atoms with van der Waals surface area (Å²) in [6, 6.07) is 0.0478. The summed E-state index contributed by atoms with van der Waals surface area (Å²) in [5, 5.41) is 12.7. The van der Waals surface area contributed by atoms with Crippen molar-refractivity contribution in [3.8, 4) is 0 Å². The molecule has 0 radical (unpaired) electrons. The van der Waals surface area contributed by atoms with Crippen molar-refractivity contribution in [2.24, 2.45) is 5.92 Å². The van der Waals surface area contributed by atoms with E-state index in [1.54, 1.807) is 0 Å². The topological polar surface area (TPSA) is 164 Å². The maximum absolute atomic E-state index is 11.9. The number of aliphatic carboxylic acids is 1. The Labute approximate surface area is 198 Å². The lowest BCUT2D eigenvalue weighted by Crippen LogP contribution is -2.34. The first-order valence-electron chi connectivity index (χ1n) is 10.6. The van der Waals surface area contributed by atoms with E-state index in [2.05, 4.69) is 20.3 Å². The fourth-order valence-corrected chi connectivity index (χ4v) is 4.45. The zero-order valence-electron chi connectivity index (χ0n) is 18.5. The Bertz CT molecular complexity index is 1090. The molecule has 0 amide bonds. The second-order valence-electron chi connectivity index (χ2n) is 8.05. The summed E-state index contributed by atoms with van der Waals surface area (Å²) in [7, 11) is 0. The monoisotopic (exact) mass is 497 g/mol. The number of hydrogen-bond acceptors (Lipinski definition) is 11. The molecule has 2 saturated heterocycles. The maximum atomic E-state index is 11.9. The predicted octanol–water partition coefficient (Wildman–Crippen LogP) is 1.16. The molecule has 13 nitrogen and oxygen atoms in total. The van der Waals surface area contributed by atoms with Gasteiger partial charge in [0.25, 0.3) is 0 Å². The highest BCUT2D eigenvalue weighted by Crippen LogP contribution is 2.41. The fraction of sp³-hybridized carbons (Fsp3) is 0.600. The molecule has 5 atom stereocenters. The number of nitrogens with zero attached hydrogens (tertiary/aromatic N) is 4. The first-order chi connectivity index (χ1) is 16.2.